The zero-order valence-corrected chi connectivity index (χ0v) is 16.6. The number of benzene rings is 2. The number of nitrogens with zero attached hydrogens (tertiary/aromatic N) is 1. The van der Waals surface area contributed by atoms with Crippen molar-refractivity contribution in [2.45, 2.75) is 57.6 Å². The van der Waals surface area contributed by atoms with Gasteiger partial charge in [0.15, 0.2) is 0 Å². The zero-order chi connectivity index (χ0) is 19.7. The molecular formula is C24H27NO3. The van der Waals surface area contributed by atoms with Crippen LogP contribution in [0.3, 0.4) is 0 Å². The lowest BCUT2D eigenvalue weighted by Gasteiger charge is -2.42. The van der Waals surface area contributed by atoms with Gasteiger partial charge in [-0.2, -0.15) is 0 Å². The fraction of sp³-hybridized carbons (Fsp3) is 0.417. The largest absolute Gasteiger partial charge is 0.445 e. The summed E-state index contributed by atoms with van der Waals surface area (Å²) in [7, 11) is 0. The molecule has 1 aliphatic heterocycles. The zero-order valence-electron chi connectivity index (χ0n) is 16.6. The minimum atomic E-state index is -0.512. The van der Waals surface area contributed by atoms with Crippen LogP contribution in [0.1, 0.15) is 61.0 Å². The SMILES string of the molecule is CC(C)(c1ccccc1)[C@H]1CCCC[C@@H]1OC(=O)N1Cc2ccccc2C1=O. The molecule has 0 N–H and O–H groups in total. The average molecular weight is 377 g/mol. The minimum absolute atomic E-state index is 0.107. The van der Waals surface area contributed by atoms with E-state index < -0.39 is 6.09 Å². The molecule has 4 heteroatoms. The van der Waals surface area contributed by atoms with E-state index in [2.05, 4.69) is 38.1 Å². The van der Waals surface area contributed by atoms with Gasteiger partial charge in [0.25, 0.3) is 5.91 Å². The van der Waals surface area contributed by atoms with Crippen LogP contribution in [0.2, 0.25) is 0 Å². The van der Waals surface area contributed by atoms with Gasteiger partial charge in [0.1, 0.15) is 6.10 Å². The van der Waals surface area contributed by atoms with Crippen LogP contribution in [-0.2, 0) is 16.7 Å². The van der Waals surface area contributed by atoms with Gasteiger partial charge in [-0.25, -0.2) is 9.69 Å². The third-order valence-corrected chi connectivity index (χ3v) is 6.44. The molecule has 4 rings (SSSR count). The second kappa shape index (κ2) is 7.42. The van der Waals surface area contributed by atoms with Crippen molar-refractivity contribution in [2.24, 2.45) is 5.92 Å². The van der Waals surface area contributed by atoms with E-state index >= 15 is 0 Å². The fourth-order valence-electron chi connectivity index (χ4n) is 4.74. The first kappa shape index (κ1) is 18.7. The van der Waals surface area contributed by atoms with Gasteiger partial charge in [-0.1, -0.05) is 68.8 Å². The van der Waals surface area contributed by atoms with Gasteiger partial charge < -0.3 is 4.74 Å². The van der Waals surface area contributed by atoms with Gasteiger partial charge in [-0.05, 0) is 41.9 Å². The summed E-state index contributed by atoms with van der Waals surface area (Å²) < 4.78 is 5.96. The number of fused-ring (bicyclic) bond motifs is 1. The monoisotopic (exact) mass is 377 g/mol. The van der Waals surface area contributed by atoms with Crippen molar-refractivity contribution < 1.29 is 14.3 Å². The first-order valence-electron chi connectivity index (χ1n) is 10.1. The van der Waals surface area contributed by atoms with Crippen LogP contribution < -0.4 is 0 Å². The van der Waals surface area contributed by atoms with E-state index in [1.54, 1.807) is 6.07 Å². The van der Waals surface area contributed by atoms with Crippen LogP contribution in [0.25, 0.3) is 0 Å². The van der Waals surface area contributed by atoms with Crippen molar-refractivity contribution in [3.8, 4) is 0 Å². The number of amides is 2. The predicted molar refractivity (Wildman–Crippen MR) is 108 cm³/mol. The first-order valence-corrected chi connectivity index (χ1v) is 10.1. The van der Waals surface area contributed by atoms with E-state index in [1.165, 1.54) is 10.5 Å². The molecule has 2 amide bonds. The van der Waals surface area contributed by atoms with E-state index in [0.29, 0.717) is 12.1 Å². The molecule has 1 aliphatic carbocycles. The van der Waals surface area contributed by atoms with Crippen LogP contribution in [-0.4, -0.2) is 23.0 Å². The Labute approximate surface area is 166 Å². The molecule has 1 fully saturated rings. The summed E-state index contributed by atoms with van der Waals surface area (Å²) in [4.78, 5) is 26.7. The second-order valence-corrected chi connectivity index (χ2v) is 8.45. The molecule has 1 saturated carbocycles. The summed E-state index contributed by atoms with van der Waals surface area (Å²) in [5.74, 6) is -0.0250. The Hall–Kier alpha value is -2.62. The molecular weight excluding hydrogens is 350 g/mol. The number of carbonyl (C=O) groups excluding carboxylic acids is 2. The summed E-state index contributed by atoms with van der Waals surface area (Å²) in [5.41, 5.74) is 2.64. The normalized spacial score (nSPS) is 22.1. The minimum Gasteiger partial charge on any atom is -0.445 e. The Balaban J connectivity index is 1.52. The molecule has 2 aromatic carbocycles. The van der Waals surface area contributed by atoms with Gasteiger partial charge in [0, 0.05) is 11.5 Å². The molecule has 0 unspecified atom stereocenters. The molecule has 0 spiro atoms. The third-order valence-electron chi connectivity index (χ3n) is 6.44. The van der Waals surface area contributed by atoms with E-state index in [4.69, 9.17) is 4.74 Å². The Kier molecular flexibility index (Phi) is 4.96. The maximum absolute atomic E-state index is 12.9. The van der Waals surface area contributed by atoms with E-state index in [0.717, 1.165) is 31.2 Å². The van der Waals surface area contributed by atoms with Crippen molar-refractivity contribution in [3.05, 3.63) is 71.3 Å². The topological polar surface area (TPSA) is 46.6 Å². The molecule has 0 aromatic heterocycles. The lowest BCUT2D eigenvalue weighted by atomic mass is 9.66. The number of ether oxygens (including phenoxy) is 1. The molecule has 2 atom stereocenters. The average Bonchev–Trinajstić information content (AvgIpc) is 3.06. The number of imide groups is 1. The summed E-state index contributed by atoms with van der Waals surface area (Å²) in [5, 5.41) is 0. The van der Waals surface area contributed by atoms with Gasteiger partial charge in [0.05, 0.1) is 6.54 Å². The highest BCUT2D eigenvalue weighted by atomic mass is 16.6. The Morgan fingerprint density at radius 1 is 1.00 bits per heavy atom. The molecule has 28 heavy (non-hydrogen) atoms. The van der Waals surface area contributed by atoms with Crippen molar-refractivity contribution >= 4 is 12.0 Å². The van der Waals surface area contributed by atoms with Crippen molar-refractivity contribution in [1.82, 2.24) is 4.90 Å². The van der Waals surface area contributed by atoms with Crippen LogP contribution in [0.5, 0.6) is 0 Å². The number of rotatable bonds is 3. The first-order chi connectivity index (χ1) is 13.5. The molecule has 2 aliphatic rings. The Bertz CT molecular complexity index is 874. The highest BCUT2D eigenvalue weighted by molar-refractivity contribution is 6.06. The molecule has 0 saturated heterocycles. The fourth-order valence-corrected chi connectivity index (χ4v) is 4.74. The lowest BCUT2D eigenvalue weighted by Crippen LogP contribution is -2.44. The van der Waals surface area contributed by atoms with Gasteiger partial charge in [-0.15, -0.1) is 0 Å². The quantitative estimate of drug-likeness (QED) is 0.728. The van der Waals surface area contributed by atoms with Crippen molar-refractivity contribution in [2.75, 3.05) is 0 Å². The molecule has 0 radical (unpaired) electrons. The lowest BCUT2D eigenvalue weighted by molar-refractivity contribution is -0.00427. The molecule has 0 bridgehead atoms. The highest BCUT2D eigenvalue weighted by Crippen LogP contribution is 2.42. The molecule has 146 valence electrons. The maximum Gasteiger partial charge on any atom is 0.417 e. The van der Waals surface area contributed by atoms with E-state index in [1.807, 2.05) is 24.3 Å². The predicted octanol–water partition coefficient (Wildman–Crippen LogP) is 5.32. The van der Waals surface area contributed by atoms with Crippen LogP contribution in [0, 0.1) is 5.92 Å². The highest BCUT2D eigenvalue weighted by Gasteiger charge is 2.42. The van der Waals surface area contributed by atoms with Crippen LogP contribution in [0.4, 0.5) is 4.79 Å². The van der Waals surface area contributed by atoms with Crippen LogP contribution >= 0.6 is 0 Å². The van der Waals surface area contributed by atoms with Crippen molar-refractivity contribution in [1.29, 1.82) is 0 Å². The molecule has 1 heterocycles. The third kappa shape index (κ3) is 3.32. The summed E-state index contributed by atoms with van der Waals surface area (Å²) >= 11 is 0. The second-order valence-electron chi connectivity index (χ2n) is 8.45. The Morgan fingerprint density at radius 2 is 1.68 bits per heavy atom. The van der Waals surface area contributed by atoms with E-state index in [9.17, 15) is 9.59 Å². The number of hydrogen-bond donors (Lipinski definition) is 0. The summed E-state index contributed by atoms with van der Waals surface area (Å²) in [6.07, 6.45) is 3.38. The van der Waals surface area contributed by atoms with Gasteiger partial charge in [-0.3, -0.25) is 4.79 Å². The Morgan fingerprint density at radius 3 is 2.43 bits per heavy atom. The summed E-state index contributed by atoms with van der Waals surface area (Å²) in [6.45, 7) is 4.76. The van der Waals surface area contributed by atoms with Crippen molar-refractivity contribution in [3.63, 3.8) is 0 Å². The standard InChI is InChI=1S/C24H27NO3/c1-24(2,18-11-4-3-5-12-18)20-14-8-9-15-21(20)28-23(27)25-16-17-10-6-7-13-19(17)22(25)26/h3-7,10-13,20-21H,8-9,14-16H2,1-2H3/t20-,21-/m0/s1. The van der Waals surface area contributed by atoms with Crippen LogP contribution in [0.15, 0.2) is 54.6 Å². The number of hydrogen-bond acceptors (Lipinski definition) is 3. The molecule has 4 nitrogen and oxygen atoms in total. The maximum atomic E-state index is 12.9. The van der Waals surface area contributed by atoms with Gasteiger partial charge >= 0.3 is 6.09 Å². The van der Waals surface area contributed by atoms with Gasteiger partial charge in [0.2, 0.25) is 0 Å². The molecule has 2 aromatic rings. The number of carbonyl (C=O) groups is 2. The summed E-state index contributed by atoms with van der Waals surface area (Å²) in [6, 6.07) is 17.8. The smallest absolute Gasteiger partial charge is 0.417 e. The van der Waals surface area contributed by atoms with E-state index in [-0.39, 0.29) is 23.3 Å².